The predicted octanol–water partition coefficient (Wildman–Crippen LogP) is 2.54. The second kappa shape index (κ2) is 7.01. The molecule has 0 aliphatic rings. The maximum absolute atomic E-state index is 11.6. The summed E-state index contributed by atoms with van der Waals surface area (Å²) in [7, 11) is 0. The second-order valence-corrected chi connectivity index (χ2v) is 4.88. The summed E-state index contributed by atoms with van der Waals surface area (Å²) in [5.74, 6) is -0.0849. The van der Waals surface area contributed by atoms with E-state index in [1.54, 1.807) is 24.3 Å². The molecule has 0 aromatic heterocycles. The van der Waals surface area contributed by atoms with E-state index in [0.717, 1.165) is 6.42 Å². The van der Waals surface area contributed by atoms with Crippen LogP contribution in [0, 0.1) is 5.92 Å². The summed E-state index contributed by atoms with van der Waals surface area (Å²) in [4.78, 5) is 23.0. The zero-order valence-electron chi connectivity index (χ0n) is 10.5. The fourth-order valence-corrected chi connectivity index (χ4v) is 1.41. The molecule has 18 heavy (non-hydrogen) atoms. The standard InChI is InChI=1S/C13H17ClN2O2/c1-9(2)3-8-12(17)15-16-13(18)10-4-6-11(14)7-5-10/h4-7,9H,3,8H2,1-2H3,(H,15,17)(H,16,18). The Hall–Kier alpha value is -1.55. The molecule has 0 unspecified atom stereocenters. The van der Waals surface area contributed by atoms with Gasteiger partial charge in [0.05, 0.1) is 0 Å². The number of hydrazine groups is 1. The molecule has 2 amide bonds. The highest BCUT2D eigenvalue weighted by Crippen LogP contribution is 2.09. The minimum absolute atomic E-state index is 0.189. The van der Waals surface area contributed by atoms with Crippen molar-refractivity contribution in [2.45, 2.75) is 26.7 Å². The van der Waals surface area contributed by atoms with Gasteiger partial charge in [0, 0.05) is 17.0 Å². The van der Waals surface area contributed by atoms with Gasteiger partial charge in [-0.25, -0.2) is 0 Å². The summed E-state index contributed by atoms with van der Waals surface area (Å²) in [6, 6.07) is 6.43. The van der Waals surface area contributed by atoms with Gasteiger partial charge in [0.15, 0.2) is 0 Å². The smallest absolute Gasteiger partial charge is 0.269 e. The van der Waals surface area contributed by atoms with E-state index in [1.807, 2.05) is 13.8 Å². The number of hydrogen-bond acceptors (Lipinski definition) is 2. The molecule has 1 aromatic rings. The van der Waals surface area contributed by atoms with Crippen molar-refractivity contribution in [1.29, 1.82) is 0 Å². The highest BCUT2D eigenvalue weighted by atomic mass is 35.5. The van der Waals surface area contributed by atoms with Gasteiger partial charge in [-0.05, 0) is 36.6 Å². The number of benzene rings is 1. The van der Waals surface area contributed by atoms with E-state index in [9.17, 15) is 9.59 Å². The van der Waals surface area contributed by atoms with Crippen LogP contribution in [-0.4, -0.2) is 11.8 Å². The zero-order valence-corrected chi connectivity index (χ0v) is 11.3. The second-order valence-electron chi connectivity index (χ2n) is 4.44. The SMILES string of the molecule is CC(C)CCC(=O)NNC(=O)c1ccc(Cl)cc1. The number of carbonyl (C=O) groups excluding carboxylic acids is 2. The first-order valence-corrected chi connectivity index (χ1v) is 6.21. The van der Waals surface area contributed by atoms with Gasteiger partial charge >= 0.3 is 0 Å². The number of nitrogens with one attached hydrogen (secondary N) is 2. The fraction of sp³-hybridized carbons (Fsp3) is 0.385. The Morgan fingerprint density at radius 1 is 1.17 bits per heavy atom. The monoisotopic (exact) mass is 268 g/mol. The van der Waals surface area contributed by atoms with Gasteiger partial charge in [-0.2, -0.15) is 0 Å². The summed E-state index contributed by atoms with van der Waals surface area (Å²) in [6.45, 7) is 4.08. The van der Waals surface area contributed by atoms with Crippen molar-refractivity contribution in [3.8, 4) is 0 Å². The molecule has 4 nitrogen and oxygen atoms in total. The predicted molar refractivity (Wildman–Crippen MR) is 71.1 cm³/mol. The van der Waals surface area contributed by atoms with Gasteiger partial charge in [0.1, 0.15) is 0 Å². The highest BCUT2D eigenvalue weighted by molar-refractivity contribution is 6.30. The van der Waals surface area contributed by atoms with E-state index in [2.05, 4.69) is 10.9 Å². The molecule has 0 heterocycles. The van der Waals surface area contributed by atoms with Crippen LogP contribution in [0.4, 0.5) is 0 Å². The molecule has 5 heteroatoms. The van der Waals surface area contributed by atoms with E-state index in [1.165, 1.54) is 0 Å². The average molecular weight is 269 g/mol. The van der Waals surface area contributed by atoms with E-state index < -0.39 is 0 Å². The third kappa shape index (κ3) is 5.19. The van der Waals surface area contributed by atoms with Gasteiger partial charge in [-0.3, -0.25) is 20.4 Å². The molecule has 0 saturated heterocycles. The van der Waals surface area contributed by atoms with Crippen LogP contribution >= 0.6 is 11.6 Å². The van der Waals surface area contributed by atoms with Gasteiger partial charge < -0.3 is 0 Å². The number of amides is 2. The third-order valence-electron chi connectivity index (χ3n) is 2.37. The van der Waals surface area contributed by atoms with E-state index in [-0.39, 0.29) is 11.8 Å². The lowest BCUT2D eigenvalue weighted by molar-refractivity contribution is -0.122. The number of hydrogen-bond donors (Lipinski definition) is 2. The van der Waals surface area contributed by atoms with Gasteiger partial charge in [0.25, 0.3) is 5.91 Å². The zero-order chi connectivity index (χ0) is 13.5. The molecule has 0 atom stereocenters. The minimum atomic E-state index is -0.357. The van der Waals surface area contributed by atoms with Crippen molar-refractivity contribution in [3.05, 3.63) is 34.9 Å². The fourth-order valence-electron chi connectivity index (χ4n) is 1.28. The Morgan fingerprint density at radius 2 is 1.78 bits per heavy atom. The van der Waals surface area contributed by atoms with Crippen LogP contribution in [0.5, 0.6) is 0 Å². The maximum atomic E-state index is 11.6. The van der Waals surface area contributed by atoms with Gasteiger partial charge in [-0.15, -0.1) is 0 Å². The molecule has 0 bridgehead atoms. The van der Waals surface area contributed by atoms with Crippen molar-refractivity contribution in [2.24, 2.45) is 5.92 Å². The van der Waals surface area contributed by atoms with Gasteiger partial charge in [0.2, 0.25) is 5.91 Å². The van der Waals surface area contributed by atoms with Crippen molar-refractivity contribution in [2.75, 3.05) is 0 Å². The Labute approximate surface area is 112 Å². The van der Waals surface area contributed by atoms with Crippen molar-refractivity contribution in [1.82, 2.24) is 10.9 Å². The van der Waals surface area contributed by atoms with Crippen LogP contribution in [-0.2, 0) is 4.79 Å². The summed E-state index contributed by atoms with van der Waals surface area (Å²) in [5, 5.41) is 0.563. The normalized spacial score (nSPS) is 10.2. The summed E-state index contributed by atoms with van der Waals surface area (Å²) in [5.41, 5.74) is 5.19. The maximum Gasteiger partial charge on any atom is 0.269 e. The molecule has 0 aliphatic heterocycles. The Balaban J connectivity index is 2.37. The summed E-state index contributed by atoms with van der Waals surface area (Å²) in [6.07, 6.45) is 1.20. The quantitative estimate of drug-likeness (QED) is 0.825. The largest absolute Gasteiger partial charge is 0.273 e. The van der Waals surface area contributed by atoms with Crippen LogP contribution in [0.25, 0.3) is 0 Å². The van der Waals surface area contributed by atoms with Crippen molar-refractivity contribution in [3.63, 3.8) is 0 Å². The molecule has 0 fully saturated rings. The lowest BCUT2D eigenvalue weighted by Gasteiger charge is -2.08. The van der Waals surface area contributed by atoms with Crippen LogP contribution in [0.15, 0.2) is 24.3 Å². The topological polar surface area (TPSA) is 58.2 Å². The molecule has 98 valence electrons. The molecule has 0 radical (unpaired) electrons. The Bertz CT molecular complexity index is 416. The Morgan fingerprint density at radius 3 is 2.33 bits per heavy atom. The van der Waals surface area contributed by atoms with E-state index >= 15 is 0 Å². The highest BCUT2D eigenvalue weighted by Gasteiger charge is 2.07. The Kier molecular flexibility index (Phi) is 5.65. The summed E-state index contributed by atoms with van der Waals surface area (Å²) >= 11 is 5.71. The van der Waals surface area contributed by atoms with Crippen molar-refractivity contribution >= 4 is 23.4 Å². The minimum Gasteiger partial charge on any atom is -0.273 e. The van der Waals surface area contributed by atoms with Crippen LogP contribution < -0.4 is 10.9 Å². The average Bonchev–Trinajstić information content (AvgIpc) is 2.34. The molecular formula is C13H17ClN2O2. The van der Waals surface area contributed by atoms with E-state index in [0.29, 0.717) is 22.9 Å². The van der Waals surface area contributed by atoms with Crippen LogP contribution in [0.2, 0.25) is 5.02 Å². The molecule has 1 rings (SSSR count). The molecule has 0 aliphatic carbocycles. The number of carbonyl (C=O) groups is 2. The van der Waals surface area contributed by atoms with E-state index in [4.69, 9.17) is 11.6 Å². The molecule has 0 spiro atoms. The first-order chi connectivity index (χ1) is 8.49. The molecule has 2 N–H and O–H groups in total. The first kappa shape index (κ1) is 14.5. The lowest BCUT2D eigenvalue weighted by atomic mass is 10.1. The molecule has 0 saturated carbocycles. The lowest BCUT2D eigenvalue weighted by Crippen LogP contribution is -2.41. The molecule has 1 aromatic carbocycles. The number of rotatable bonds is 4. The third-order valence-corrected chi connectivity index (χ3v) is 2.62. The van der Waals surface area contributed by atoms with Gasteiger partial charge in [-0.1, -0.05) is 25.4 Å². The van der Waals surface area contributed by atoms with Crippen LogP contribution in [0.3, 0.4) is 0 Å². The first-order valence-electron chi connectivity index (χ1n) is 5.84. The van der Waals surface area contributed by atoms with Crippen molar-refractivity contribution < 1.29 is 9.59 Å². The number of halogens is 1. The summed E-state index contributed by atoms with van der Waals surface area (Å²) < 4.78 is 0. The molecular weight excluding hydrogens is 252 g/mol. The van der Waals surface area contributed by atoms with Crippen LogP contribution in [0.1, 0.15) is 37.0 Å².